The number of ether oxygens (including phenoxy) is 3. The highest BCUT2D eigenvalue weighted by Gasteiger charge is 2.17. The molecular formula is C26H21N3O6. The van der Waals surface area contributed by atoms with Crippen LogP contribution in [0.2, 0.25) is 0 Å². The molecule has 176 valence electrons. The van der Waals surface area contributed by atoms with Crippen LogP contribution in [0, 0.1) is 0 Å². The van der Waals surface area contributed by atoms with Gasteiger partial charge in [-0.05, 0) is 53.6 Å². The van der Waals surface area contributed by atoms with Crippen LogP contribution in [0.3, 0.4) is 0 Å². The number of carbonyl (C=O) groups is 3. The predicted molar refractivity (Wildman–Crippen MR) is 128 cm³/mol. The van der Waals surface area contributed by atoms with Gasteiger partial charge < -0.3 is 19.5 Å². The average molecular weight is 471 g/mol. The van der Waals surface area contributed by atoms with Crippen LogP contribution in [0.5, 0.6) is 11.5 Å². The van der Waals surface area contributed by atoms with Crippen LogP contribution < -0.4 is 20.2 Å². The molecule has 1 aliphatic rings. The fraction of sp³-hybridized carbons (Fsp3) is 0.0769. The van der Waals surface area contributed by atoms with E-state index in [-0.39, 0.29) is 12.5 Å². The van der Waals surface area contributed by atoms with E-state index < -0.39 is 17.8 Å². The van der Waals surface area contributed by atoms with Crippen molar-refractivity contribution in [3.63, 3.8) is 0 Å². The first-order valence-corrected chi connectivity index (χ1v) is 10.5. The summed E-state index contributed by atoms with van der Waals surface area (Å²) in [6, 6.07) is 20.2. The highest BCUT2D eigenvalue weighted by atomic mass is 16.7. The monoisotopic (exact) mass is 471 g/mol. The molecule has 0 aromatic heterocycles. The minimum absolute atomic E-state index is 0.0177. The van der Waals surface area contributed by atoms with Crippen LogP contribution in [0.1, 0.15) is 31.8 Å². The van der Waals surface area contributed by atoms with Crippen molar-refractivity contribution in [2.24, 2.45) is 5.10 Å². The van der Waals surface area contributed by atoms with Gasteiger partial charge in [0.05, 0.1) is 18.9 Å². The van der Waals surface area contributed by atoms with Gasteiger partial charge in [0, 0.05) is 5.56 Å². The van der Waals surface area contributed by atoms with Gasteiger partial charge >= 0.3 is 5.97 Å². The van der Waals surface area contributed by atoms with E-state index in [0.29, 0.717) is 33.8 Å². The molecule has 9 nitrogen and oxygen atoms in total. The summed E-state index contributed by atoms with van der Waals surface area (Å²) >= 11 is 0. The lowest BCUT2D eigenvalue weighted by Gasteiger charge is -2.09. The zero-order chi connectivity index (χ0) is 24.6. The fourth-order valence-corrected chi connectivity index (χ4v) is 3.16. The Bertz CT molecular complexity index is 1300. The van der Waals surface area contributed by atoms with Crippen LogP contribution >= 0.6 is 0 Å². The lowest BCUT2D eigenvalue weighted by molar-refractivity contribution is -0.117. The highest BCUT2D eigenvalue weighted by Crippen LogP contribution is 2.33. The zero-order valence-electron chi connectivity index (χ0n) is 18.7. The molecule has 3 aromatic rings. The van der Waals surface area contributed by atoms with E-state index in [4.69, 9.17) is 9.47 Å². The van der Waals surface area contributed by atoms with Crippen molar-refractivity contribution in [1.29, 1.82) is 0 Å². The van der Waals surface area contributed by atoms with Gasteiger partial charge in [0.2, 0.25) is 6.79 Å². The van der Waals surface area contributed by atoms with Crippen LogP contribution in [0.15, 0.2) is 83.6 Å². The number of carbonyl (C=O) groups excluding carboxylic acids is 3. The molecule has 0 radical (unpaired) electrons. The number of amides is 2. The molecule has 0 saturated carbocycles. The zero-order valence-corrected chi connectivity index (χ0v) is 18.7. The summed E-state index contributed by atoms with van der Waals surface area (Å²) in [7, 11) is 1.30. The van der Waals surface area contributed by atoms with Crippen LogP contribution in [0.4, 0.5) is 0 Å². The van der Waals surface area contributed by atoms with Gasteiger partial charge in [0.15, 0.2) is 11.5 Å². The van der Waals surface area contributed by atoms with E-state index in [9.17, 15) is 14.4 Å². The Morgan fingerprint density at radius 2 is 1.60 bits per heavy atom. The van der Waals surface area contributed by atoms with Crippen molar-refractivity contribution < 1.29 is 28.6 Å². The largest absolute Gasteiger partial charge is 0.465 e. The molecule has 4 rings (SSSR count). The van der Waals surface area contributed by atoms with E-state index in [1.807, 2.05) is 0 Å². The molecule has 0 bridgehead atoms. The number of benzene rings is 3. The first kappa shape index (κ1) is 23.2. The second-order valence-electron chi connectivity index (χ2n) is 7.30. The molecule has 9 heteroatoms. The summed E-state index contributed by atoms with van der Waals surface area (Å²) in [5.74, 6) is -0.385. The van der Waals surface area contributed by atoms with E-state index in [0.717, 1.165) is 0 Å². The molecule has 1 aliphatic heterocycles. The van der Waals surface area contributed by atoms with E-state index >= 15 is 0 Å². The molecule has 3 aromatic carbocycles. The topological polar surface area (TPSA) is 115 Å². The minimum Gasteiger partial charge on any atom is -0.465 e. The molecule has 2 N–H and O–H groups in total. The lowest BCUT2D eigenvalue weighted by Crippen LogP contribution is -2.32. The molecule has 0 spiro atoms. The molecule has 35 heavy (non-hydrogen) atoms. The van der Waals surface area contributed by atoms with E-state index in [2.05, 4.69) is 20.6 Å². The molecule has 1 heterocycles. The molecule has 0 unspecified atom stereocenters. The van der Waals surface area contributed by atoms with Gasteiger partial charge in [-0.25, -0.2) is 10.2 Å². The Morgan fingerprint density at radius 3 is 2.34 bits per heavy atom. The summed E-state index contributed by atoms with van der Waals surface area (Å²) in [6.07, 6.45) is 2.93. The molecule has 0 saturated heterocycles. The Morgan fingerprint density at radius 1 is 0.886 bits per heavy atom. The molecule has 2 amide bonds. The number of hydrazone groups is 1. The summed E-state index contributed by atoms with van der Waals surface area (Å²) < 4.78 is 15.4. The van der Waals surface area contributed by atoms with Crippen molar-refractivity contribution in [1.82, 2.24) is 10.7 Å². The van der Waals surface area contributed by atoms with Crippen LogP contribution in [-0.2, 0) is 9.53 Å². The standard InChI is InChI=1S/C26H21N3O6/c1-33-26(32)20-10-7-17(8-11-20)15-27-29-25(31)21(28-24(30)19-5-3-2-4-6-19)13-18-9-12-22-23(14-18)35-16-34-22/h2-15H,16H2,1H3,(H,28,30)(H,29,31)/b21-13-,27-15?. The van der Waals surface area contributed by atoms with Gasteiger partial charge in [0.25, 0.3) is 11.8 Å². The molecule has 0 atom stereocenters. The van der Waals surface area contributed by atoms with E-state index in [1.165, 1.54) is 19.4 Å². The van der Waals surface area contributed by atoms with Gasteiger partial charge in [-0.2, -0.15) is 5.10 Å². The first-order chi connectivity index (χ1) is 17.0. The van der Waals surface area contributed by atoms with Gasteiger partial charge in [-0.1, -0.05) is 36.4 Å². The molecular weight excluding hydrogens is 450 g/mol. The second-order valence-corrected chi connectivity index (χ2v) is 7.30. The maximum absolute atomic E-state index is 12.9. The summed E-state index contributed by atoms with van der Waals surface area (Å²) in [5, 5.41) is 6.60. The fourth-order valence-electron chi connectivity index (χ4n) is 3.16. The summed E-state index contributed by atoms with van der Waals surface area (Å²) in [5.41, 5.74) is 4.45. The molecule has 0 aliphatic carbocycles. The van der Waals surface area contributed by atoms with Crippen molar-refractivity contribution in [2.75, 3.05) is 13.9 Å². The van der Waals surface area contributed by atoms with Crippen molar-refractivity contribution in [3.8, 4) is 11.5 Å². The van der Waals surface area contributed by atoms with Crippen molar-refractivity contribution >= 4 is 30.1 Å². The van der Waals surface area contributed by atoms with Crippen molar-refractivity contribution in [3.05, 3.63) is 101 Å². The number of methoxy groups -OCH3 is 1. The Balaban J connectivity index is 1.52. The normalized spacial score (nSPS) is 12.3. The Hall–Kier alpha value is -4.92. The van der Waals surface area contributed by atoms with E-state index in [1.54, 1.807) is 72.8 Å². The summed E-state index contributed by atoms with van der Waals surface area (Å²) in [4.78, 5) is 37.1. The third kappa shape index (κ3) is 5.91. The number of nitrogens with one attached hydrogen (secondary N) is 2. The number of nitrogens with zero attached hydrogens (tertiary/aromatic N) is 1. The number of hydrogen-bond donors (Lipinski definition) is 2. The first-order valence-electron chi connectivity index (χ1n) is 10.5. The number of esters is 1. The third-order valence-corrected chi connectivity index (χ3v) is 4.95. The number of rotatable bonds is 7. The van der Waals surface area contributed by atoms with Crippen LogP contribution in [-0.4, -0.2) is 37.9 Å². The van der Waals surface area contributed by atoms with Gasteiger partial charge in [0.1, 0.15) is 5.70 Å². The van der Waals surface area contributed by atoms with Gasteiger partial charge in [-0.3, -0.25) is 9.59 Å². The van der Waals surface area contributed by atoms with Crippen LogP contribution in [0.25, 0.3) is 6.08 Å². The quantitative estimate of drug-likeness (QED) is 0.237. The maximum Gasteiger partial charge on any atom is 0.337 e. The van der Waals surface area contributed by atoms with Crippen molar-refractivity contribution in [2.45, 2.75) is 0 Å². The maximum atomic E-state index is 12.9. The number of fused-ring (bicyclic) bond motifs is 1. The number of hydrogen-bond acceptors (Lipinski definition) is 7. The van der Waals surface area contributed by atoms with Gasteiger partial charge in [-0.15, -0.1) is 0 Å². The molecule has 0 fully saturated rings. The minimum atomic E-state index is -0.630. The second kappa shape index (κ2) is 10.8. The predicted octanol–water partition coefficient (Wildman–Crippen LogP) is 3.12. The highest BCUT2D eigenvalue weighted by molar-refractivity contribution is 6.05. The summed E-state index contributed by atoms with van der Waals surface area (Å²) in [6.45, 7) is 0.121. The lowest BCUT2D eigenvalue weighted by atomic mass is 10.1. The SMILES string of the molecule is COC(=O)c1ccc(C=NNC(=O)/C(=C/c2ccc3c(c2)OCO3)NC(=O)c2ccccc2)cc1. The smallest absolute Gasteiger partial charge is 0.337 e. The Kier molecular flexibility index (Phi) is 7.17. The third-order valence-electron chi connectivity index (χ3n) is 4.95. The Labute approximate surface area is 201 Å². The average Bonchev–Trinajstić information content (AvgIpc) is 3.36.